The summed E-state index contributed by atoms with van der Waals surface area (Å²) in [5, 5.41) is 5.81. The van der Waals surface area contributed by atoms with E-state index in [9.17, 15) is 0 Å². The molecule has 0 unspecified atom stereocenters. The van der Waals surface area contributed by atoms with Crippen LogP contribution in [0.4, 0.5) is 0 Å². The zero-order chi connectivity index (χ0) is 30.7. The van der Waals surface area contributed by atoms with E-state index < -0.39 is 0 Å². The molecule has 5 nitrogen and oxygen atoms in total. The molecule has 3 atom stereocenters. The van der Waals surface area contributed by atoms with Gasteiger partial charge in [-0.15, -0.1) is 12.4 Å². The molecule has 10 heteroatoms. The first kappa shape index (κ1) is 35.8. The Morgan fingerprint density at radius 2 is 1.22 bits per heavy atom. The largest absolute Gasteiger partial charge is 0.494 e. The van der Waals surface area contributed by atoms with E-state index in [2.05, 4.69) is 29.6 Å². The highest BCUT2D eigenvalue weighted by molar-refractivity contribution is 6.35. The molecule has 4 aromatic rings. The number of benzene rings is 4. The average molecular weight is 712 g/mol. The summed E-state index contributed by atoms with van der Waals surface area (Å²) >= 11 is 25.1. The van der Waals surface area contributed by atoms with Gasteiger partial charge in [0.05, 0.1) is 45.2 Å². The standard InChI is InChI=1S/C35H35Cl4NO4.ClH/c36-28-11-7-26(31(38)17-28)22-43-33-19-40-20-34(44-23-27-8-12-29(37)18-32(27)39)35(33)25-9-13-30(14-10-25)42-16-4-15-41-21-24-5-2-1-3-6-24;/h1-3,5-14,17-18,33-35,40H,4,15-16,19-23H2;1H/t33-,34+,35-;. The minimum atomic E-state index is -0.172. The lowest BCUT2D eigenvalue weighted by atomic mass is 9.85. The van der Waals surface area contributed by atoms with E-state index in [1.807, 2.05) is 54.6 Å². The molecule has 1 fully saturated rings. The molecule has 0 spiro atoms. The van der Waals surface area contributed by atoms with Crippen LogP contribution in [0.15, 0.2) is 91.0 Å². The first-order valence-corrected chi connectivity index (χ1v) is 16.1. The van der Waals surface area contributed by atoms with Gasteiger partial charge in [0.15, 0.2) is 0 Å². The number of piperidine rings is 1. The third-order valence-electron chi connectivity index (χ3n) is 7.51. The van der Waals surface area contributed by atoms with Crippen molar-refractivity contribution in [2.45, 2.75) is 44.4 Å². The van der Waals surface area contributed by atoms with Crippen molar-refractivity contribution in [1.29, 1.82) is 0 Å². The van der Waals surface area contributed by atoms with Crippen LogP contribution in [0.3, 0.4) is 0 Å². The molecule has 0 saturated carbocycles. The predicted octanol–water partition coefficient (Wildman–Crippen LogP) is 9.57. The van der Waals surface area contributed by atoms with Crippen molar-refractivity contribution in [3.63, 3.8) is 0 Å². The van der Waals surface area contributed by atoms with Crippen LogP contribution in [0.5, 0.6) is 5.75 Å². The molecule has 1 aliphatic heterocycles. The lowest BCUT2D eigenvalue weighted by Gasteiger charge is -2.39. The number of halogens is 5. The monoisotopic (exact) mass is 709 g/mol. The fraction of sp³-hybridized carbons (Fsp3) is 0.314. The maximum Gasteiger partial charge on any atom is 0.119 e. The van der Waals surface area contributed by atoms with Gasteiger partial charge in [0.1, 0.15) is 5.75 Å². The van der Waals surface area contributed by atoms with Crippen molar-refractivity contribution in [2.75, 3.05) is 26.3 Å². The molecule has 240 valence electrons. The SMILES string of the molecule is Cl.Clc1ccc(CO[C@H]2CNC[C@@H](OCc3ccc(Cl)cc3Cl)[C@H]2c2ccc(OCCCOCc3ccccc3)cc2)c(Cl)c1. The fourth-order valence-electron chi connectivity index (χ4n) is 5.19. The molecular formula is C35H36Cl5NO4. The summed E-state index contributed by atoms with van der Waals surface area (Å²) in [7, 11) is 0. The molecule has 1 saturated heterocycles. The molecule has 5 rings (SSSR count). The highest BCUT2D eigenvalue weighted by Crippen LogP contribution is 2.34. The molecule has 1 N–H and O–H groups in total. The van der Waals surface area contributed by atoms with Crippen LogP contribution in [-0.2, 0) is 34.0 Å². The summed E-state index contributed by atoms with van der Waals surface area (Å²) in [5.41, 5.74) is 4.02. The first-order chi connectivity index (χ1) is 21.5. The van der Waals surface area contributed by atoms with E-state index in [0.717, 1.165) is 28.9 Å². The smallest absolute Gasteiger partial charge is 0.119 e. The van der Waals surface area contributed by atoms with Gasteiger partial charge >= 0.3 is 0 Å². The van der Waals surface area contributed by atoms with Gasteiger partial charge in [0.2, 0.25) is 0 Å². The quantitative estimate of drug-likeness (QED) is 0.132. The molecule has 45 heavy (non-hydrogen) atoms. The van der Waals surface area contributed by atoms with Gasteiger partial charge in [-0.3, -0.25) is 0 Å². The lowest BCUT2D eigenvalue weighted by Crippen LogP contribution is -2.50. The molecule has 0 amide bonds. The average Bonchev–Trinajstić information content (AvgIpc) is 3.03. The molecule has 4 aromatic carbocycles. The summed E-state index contributed by atoms with van der Waals surface area (Å²) in [6.07, 6.45) is 0.458. The summed E-state index contributed by atoms with van der Waals surface area (Å²) < 4.78 is 24.7. The zero-order valence-electron chi connectivity index (χ0n) is 24.6. The van der Waals surface area contributed by atoms with E-state index in [1.165, 1.54) is 5.56 Å². The summed E-state index contributed by atoms with van der Waals surface area (Å²) in [6, 6.07) is 29.2. The normalized spacial score (nSPS) is 17.9. The van der Waals surface area contributed by atoms with Gasteiger partial charge < -0.3 is 24.3 Å². The molecule has 0 aliphatic carbocycles. The Morgan fingerprint density at radius 3 is 1.78 bits per heavy atom. The first-order valence-electron chi connectivity index (χ1n) is 14.6. The van der Waals surface area contributed by atoms with Crippen LogP contribution in [0.1, 0.15) is 34.6 Å². The minimum Gasteiger partial charge on any atom is -0.494 e. The van der Waals surface area contributed by atoms with Crippen LogP contribution in [0.25, 0.3) is 0 Å². The molecule has 0 radical (unpaired) electrons. The maximum atomic E-state index is 6.48. The Hall–Kier alpha value is -2.03. The predicted molar refractivity (Wildman–Crippen MR) is 186 cm³/mol. The van der Waals surface area contributed by atoms with Crippen LogP contribution in [0.2, 0.25) is 20.1 Å². The van der Waals surface area contributed by atoms with Crippen molar-refractivity contribution in [3.8, 4) is 5.75 Å². The summed E-state index contributed by atoms with van der Waals surface area (Å²) in [5.74, 6) is 0.760. The fourth-order valence-corrected chi connectivity index (χ4v) is 6.11. The summed E-state index contributed by atoms with van der Waals surface area (Å²) in [6.45, 7) is 3.84. The van der Waals surface area contributed by atoms with Crippen LogP contribution < -0.4 is 10.1 Å². The number of ether oxygens (including phenoxy) is 4. The van der Waals surface area contributed by atoms with Gasteiger partial charge in [-0.2, -0.15) is 0 Å². The minimum absolute atomic E-state index is 0. The van der Waals surface area contributed by atoms with Gasteiger partial charge in [-0.05, 0) is 58.7 Å². The second kappa shape index (κ2) is 18.3. The van der Waals surface area contributed by atoms with Gasteiger partial charge in [0, 0.05) is 45.5 Å². The zero-order valence-corrected chi connectivity index (χ0v) is 28.4. The third kappa shape index (κ3) is 10.8. The molecule has 0 bridgehead atoms. The van der Waals surface area contributed by atoms with E-state index in [1.54, 1.807) is 12.1 Å². The number of hydrogen-bond donors (Lipinski definition) is 1. The Kier molecular flexibility index (Phi) is 14.6. The van der Waals surface area contributed by atoms with Crippen molar-refractivity contribution < 1.29 is 18.9 Å². The van der Waals surface area contributed by atoms with E-state index in [-0.39, 0.29) is 30.5 Å². The van der Waals surface area contributed by atoms with E-state index in [4.69, 9.17) is 65.4 Å². The molecule has 1 heterocycles. The number of rotatable bonds is 14. The highest BCUT2D eigenvalue weighted by atomic mass is 35.5. The second-order valence-electron chi connectivity index (χ2n) is 10.7. The molecular weight excluding hydrogens is 676 g/mol. The third-order valence-corrected chi connectivity index (χ3v) is 8.68. The Morgan fingerprint density at radius 1 is 0.644 bits per heavy atom. The van der Waals surface area contributed by atoms with Gasteiger partial charge in [-0.1, -0.05) is 101 Å². The van der Waals surface area contributed by atoms with Gasteiger partial charge in [0.25, 0.3) is 0 Å². The Balaban J connectivity index is 0.00000461. The lowest BCUT2D eigenvalue weighted by molar-refractivity contribution is -0.0650. The topological polar surface area (TPSA) is 49.0 Å². The van der Waals surface area contributed by atoms with Crippen molar-refractivity contribution in [3.05, 3.63) is 133 Å². The van der Waals surface area contributed by atoms with Gasteiger partial charge in [-0.25, -0.2) is 0 Å². The van der Waals surface area contributed by atoms with Crippen LogP contribution in [-0.4, -0.2) is 38.5 Å². The summed E-state index contributed by atoms with van der Waals surface area (Å²) in [4.78, 5) is 0. The Labute approximate surface area is 291 Å². The van der Waals surface area contributed by atoms with Crippen molar-refractivity contribution in [2.24, 2.45) is 0 Å². The molecule has 0 aromatic heterocycles. The Bertz CT molecular complexity index is 1410. The number of hydrogen-bond acceptors (Lipinski definition) is 5. The van der Waals surface area contributed by atoms with Crippen molar-refractivity contribution >= 4 is 58.8 Å². The van der Waals surface area contributed by atoms with Crippen LogP contribution in [0, 0.1) is 0 Å². The van der Waals surface area contributed by atoms with E-state index >= 15 is 0 Å². The van der Waals surface area contributed by atoms with E-state index in [0.29, 0.717) is 66.2 Å². The van der Waals surface area contributed by atoms with Crippen LogP contribution >= 0.6 is 58.8 Å². The maximum absolute atomic E-state index is 6.48. The number of nitrogens with one attached hydrogen (secondary N) is 1. The highest BCUT2D eigenvalue weighted by Gasteiger charge is 2.36. The van der Waals surface area contributed by atoms with Crippen molar-refractivity contribution in [1.82, 2.24) is 5.32 Å². The second-order valence-corrected chi connectivity index (χ2v) is 12.4. The molecule has 1 aliphatic rings.